The zero-order valence-electron chi connectivity index (χ0n) is 22.4. The number of hydrogen-bond acceptors (Lipinski definition) is 12. The first-order valence-corrected chi connectivity index (χ1v) is 15.0. The van der Waals surface area contributed by atoms with Crippen LogP contribution in [0.25, 0.3) is 11.2 Å². The van der Waals surface area contributed by atoms with Crippen molar-refractivity contribution in [3.05, 3.63) is 65.2 Å². The summed E-state index contributed by atoms with van der Waals surface area (Å²) in [6, 6.07) is 12.2. The number of nitrogens with zero attached hydrogens (tertiary/aromatic N) is 3. The van der Waals surface area contributed by atoms with Gasteiger partial charge in [0.2, 0.25) is 5.95 Å². The summed E-state index contributed by atoms with van der Waals surface area (Å²) in [6.45, 7) is -5.17. The molecular weight excluding hydrogens is 618 g/mol. The highest BCUT2D eigenvalue weighted by Gasteiger charge is 2.62. The topological polar surface area (TPSA) is 165 Å². The number of alkyl halides is 3. The van der Waals surface area contributed by atoms with Gasteiger partial charge in [0, 0.05) is 11.8 Å². The predicted molar refractivity (Wildman–Crippen MR) is 150 cm³/mol. The minimum absolute atomic E-state index is 0.150. The van der Waals surface area contributed by atoms with Crippen molar-refractivity contribution in [1.29, 1.82) is 0 Å². The molecule has 0 bridgehead atoms. The van der Waals surface area contributed by atoms with Crippen LogP contribution in [0, 0.1) is 0 Å². The minimum atomic E-state index is -4.01. The van der Waals surface area contributed by atoms with Crippen LogP contribution in [-0.2, 0) is 21.1 Å². The van der Waals surface area contributed by atoms with Gasteiger partial charge in [0.15, 0.2) is 29.2 Å². The van der Waals surface area contributed by atoms with Crippen LogP contribution in [0.2, 0.25) is 0 Å². The number of aromatic amines is 1. The number of aliphatic hydroxyl groups is 1. The summed E-state index contributed by atoms with van der Waals surface area (Å²) in [6.07, 6.45) is -9.30. The molecule has 18 heteroatoms. The smallest absolute Gasteiger partial charge is 0.435 e. The third-order valence-corrected chi connectivity index (χ3v) is 8.59. The fourth-order valence-corrected chi connectivity index (χ4v) is 6.21. The Hall–Kier alpha value is -3.89. The van der Waals surface area contributed by atoms with Crippen molar-refractivity contribution >= 4 is 35.6 Å². The Morgan fingerprint density at radius 1 is 1.09 bits per heavy atom. The van der Waals surface area contributed by atoms with E-state index >= 15 is 4.39 Å². The number of H-pyrrole nitrogens is 1. The maximum atomic E-state index is 15.5. The van der Waals surface area contributed by atoms with E-state index in [0.717, 1.165) is 10.9 Å². The number of halogens is 3. The van der Waals surface area contributed by atoms with E-state index in [2.05, 4.69) is 15.0 Å². The zero-order valence-corrected chi connectivity index (χ0v) is 24.1. The van der Waals surface area contributed by atoms with Crippen molar-refractivity contribution in [3.63, 3.8) is 0 Å². The van der Waals surface area contributed by atoms with E-state index in [1.54, 1.807) is 24.3 Å². The van der Waals surface area contributed by atoms with Crippen LogP contribution >= 0.6 is 6.72 Å². The second-order valence-corrected chi connectivity index (χ2v) is 12.0. The quantitative estimate of drug-likeness (QED) is 0.205. The first kappa shape index (κ1) is 30.6. The Bertz CT molecular complexity index is 1640. The summed E-state index contributed by atoms with van der Waals surface area (Å²) >= 11 is 5.56. The van der Waals surface area contributed by atoms with Crippen LogP contribution in [0.1, 0.15) is 6.23 Å². The number of fused-ring (bicyclic) bond motifs is 1. The largest absolute Gasteiger partial charge is 0.497 e. The van der Waals surface area contributed by atoms with Gasteiger partial charge in [-0.3, -0.25) is 18.9 Å². The van der Waals surface area contributed by atoms with Gasteiger partial charge in [-0.2, -0.15) is 4.98 Å². The summed E-state index contributed by atoms with van der Waals surface area (Å²) in [4.78, 5) is 22.1. The lowest BCUT2D eigenvalue weighted by Crippen LogP contribution is -2.52. The molecule has 2 unspecified atom stereocenters. The molecule has 3 heterocycles. The number of nitrogens with one attached hydrogen (secondary N) is 1. The van der Waals surface area contributed by atoms with E-state index in [-0.39, 0.29) is 28.6 Å². The van der Waals surface area contributed by atoms with E-state index in [4.69, 9.17) is 45.3 Å². The van der Waals surface area contributed by atoms with Crippen molar-refractivity contribution in [2.45, 2.75) is 30.5 Å². The number of methoxy groups -OCH3 is 2. The number of aromatic nitrogens is 4. The molecular formula is C25H25F3N5O8PS. The van der Waals surface area contributed by atoms with E-state index in [9.17, 15) is 18.7 Å². The van der Waals surface area contributed by atoms with Crippen LogP contribution in [0.5, 0.6) is 23.0 Å². The molecule has 0 aliphatic carbocycles. The van der Waals surface area contributed by atoms with E-state index in [0.29, 0.717) is 11.5 Å². The number of ether oxygens (including phenoxy) is 3. The summed E-state index contributed by atoms with van der Waals surface area (Å²) < 4.78 is 78.9. The maximum Gasteiger partial charge on any atom is 0.435 e. The highest BCUT2D eigenvalue weighted by Crippen LogP contribution is 2.53. The molecule has 5 rings (SSSR count). The normalized spacial score (nSPS) is 22.2. The number of hydrogen-bond donors (Lipinski definition) is 3. The molecule has 230 valence electrons. The SMILES string of the molecule is COc1ccc(OP(=S)(OC[C@@]2(C(F)F)O[C@@H](n3cnc4c(=O)[nH]c(N)nc43)C(F)C2O)Oc2ccc(OC)cc2)cc1. The summed E-state index contributed by atoms with van der Waals surface area (Å²) in [5, 5.41) is 10.8. The van der Waals surface area contributed by atoms with Gasteiger partial charge in [0.1, 0.15) is 29.1 Å². The van der Waals surface area contributed by atoms with Gasteiger partial charge in [-0.05, 0) is 48.5 Å². The van der Waals surface area contributed by atoms with Crippen molar-refractivity contribution in [2.24, 2.45) is 0 Å². The number of imidazole rings is 1. The van der Waals surface area contributed by atoms with Gasteiger partial charge in [0.25, 0.3) is 12.0 Å². The summed E-state index contributed by atoms with van der Waals surface area (Å²) in [5.41, 5.74) is 1.39. The number of rotatable bonds is 11. The van der Waals surface area contributed by atoms with Gasteiger partial charge >= 0.3 is 6.72 Å². The molecule has 2 aromatic carbocycles. The maximum absolute atomic E-state index is 15.5. The standard InChI is InChI=1S/C25H25F3N5O8PS/c1-36-13-3-7-15(8-4-13)40-42(43,41-16-9-5-14(37-2)6-10-16)38-11-25(23(27)28)19(34)17(26)22(39-25)33-12-30-18-20(33)31-24(29)32-21(18)35/h3-10,12,17,19,22-23,34H,11H2,1-2H3,(H3,29,31,32,35)/t17?,19?,22-,25-/m1/s1. The zero-order chi connectivity index (χ0) is 30.9. The first-order valence-electron chi connectivity index (χ1n) is 12.4. The van der Waals surface area contributed by atoms with Crippen LogP contribution in [0.4, 0.5) is 19.1 Å². The lowest BCUT2D eigenvalue weighted by molar-refractivity contribution is -0.191. The number of nitrogen functional groups attached to an aromatic ring is 1. The first-order chi connectivity index (χ1) is 20.5. The average Bonchev–Trinajstić information content (AvgIpc) is 3.52. The summed E-state index contributed by atoms with van der Waals surface area (Å²) in [5.74, 6) is 0.973. The minimum Gasteiger partial charge on any atom is -0.497 e. The number of nitrogens with two attached hydrogens (primary N) is 1. The van der Waals surface area contributed by atoms with Crippen molar-refractivity contribution in [1.82, 2.24) is 19.5 Å². The Morgan fingerprint density at radius 3 is 2.14 bits per heavy atom. The molecule has 4 aromatic rings. The van der Waals surface area contributed by atoms with Gasteiger partial charge in [-0.1, -0.05) is 0 Å². The fraction of sp³-hybridized carbons (Fsp3) is 0.320. The van der Waals surface area contributed by atoms with E-state index in [1.165, 1.54) is 38.5 Å². The number of benzene rings is 2. The number of aliphatic hydroxyl groups excluding tert-OH is 1. The van der Waals surface area contributed by atoms with Crippen molar-refractivity contribution in [3.8, 4) is 23.0 Å². The predicted octanol–water partition coefficient (Wildman–Crippen LogP) is 3.35. The molecule has 13 nitrogen and oxygen atoms in total. The molecule has 43 heavy (non-hydrogen) atoms. The van der Waals surface area contributed by atoms with Gasteiger partial charge in [0.05, 0.1) is 27.2 Å². The number of anilines is 1. The van der Waals surface area contributed by atoms with Crippen molar-refractivity contribution < 1.29 is 46.1 Å². The molecule has 0 saturated carbocycles. The van der Waals surface area contributed by atoms with Crippen molar-refractivity contribution in [2.75, 3.05) is 26.6 Å². The van der Waals surface area contributed by atoms with E-state index < -0.39 is 49.4 Å². The van der Waals surface area contributed by atoms with Crippen LogP contribution < -0.4 is 29.8 Å². The second kappa shape index (κ2) is 12.0. The van der Waals surface area contributed by atoms with Gasteiger partial charge < -0.3 is 34.1 Å². The molecule has 2 aromatic heterocycles. The third-order valence-electron chi connectivity index (χ3n) is 6.51. The second-order valence-electron chi connectivity index (χ2n) is 9.18. The molecule has 1 fully saturated rings. The Morgan fingerprint density at radius 2 is 1.63 bits per heavy atom. The Kier molecular flexibility index (Phi) is 8.54. The molecule has 0 spiro atoms. The van der Waals surface area contributed by atoms with Crippen LogP contribution in [-0.4, -0.2) is 69.8 Å². The lowest BCUT2D eigenvalue weighted by atomic mass is 9.97. The summed E-state index contributed by atoms with van der Waals surface area (Å²) in [7, 11) is 2.93. The van der Waals surface area contributed by atoms with Gasteiger partial charge in [-0.25, -0.2) is 18.2 Å². The van der Waals surface area contributed by atoms with Crippen LogP contribution in [0.15, 0.2) is 59.7 Å². The van der Waals surface area contributed by atoms with E-state index in [1.807, 2.05) is 0 Å². The fourth-order valence-electron chi connectivity index (χ4n) is 4.27. The van der Waals surface area contributed by atoms with Gasteiger partial charge in [-0.15, -0.1) is 0 Å². The average molecular weight is 644 g/mol. The Balaban J connectivity index is 1.46. The molecule has 1 aliphatic rings. The molecule has 0 amide bonds. The molecule has 4 N–H and O–H groups in total. The highest BCUT2D eigenvalue weighted by molar-refractivity contribution is 8.07. The lowest BCUT2D eigenvalue weighted by Gasteiger charge is -2.32. The Labute approximate surface area is 246 Å². The molecule has 4 atom stereocenters. The highest BCUT2D eigenvalue weighted by atomic mass is 32.5. The molecule has 1 saturated heterocycles. The third kappa shape index (κ3) is 5.99. The molecule has 0 radical (unpaired) electrons. The van der Waals surface area contributed by atoms with Crippen LogP contribution in [0.3, 0.4) is 0 Å². The monoisotopic (exact) mass is 643 g/mol. The molecule has 1 aliphatic heterocycles.